The standard InChI is InChI=1S/C25H28ClN3O2/c26-22-6-2-4-20-16-29(25(31)23(20)22)21-5-1-3-19(15-21)24(30)28-13-9-18(10-14-28)17-7-11-27-12-8-17/h1-6,15-18,27,31H,7-14H2. The molecule has 0 saturated carbocycles. The minimum atomic E-state index is 0.0693. The molecule has 5 nitrogen and oxygen atoms in total. The van der Waals surface area contributed by atoms with Crippen molar-refractivity contribution in [1.82, 2.24) is 14.8 Å². The zero-order valence-corrected chi connectivity index (χ0v) is 18.3. The number of nitrogens with zero attached hydrogens (tertiary/aromatic N) is 2. The summed E-state index contributed by atoms with van der Waals surface area (Å²) in [6.07, 6.45) is 6.57. The maximum atomic E-state index is 13.2. The fraction of sp³-hybridized carbons (Fsp3) is 0.400. The molecule has 2 fully saturated rings. The average molecular weight is 438 g/mol. The van der Waals surface area contributed by atoms with Gasteiger partial charge in [0.25, 0.3) is 5.91 Å². The van der Waals surface area contributed by atoms with Crippen molar-refractivity contribution in [2.45, 2.75) is 25.7 Å². The van der Waals surface area contributed by atoms with Crippen molar-refractivity contribution in [3.8, 4) is 11.6 Å². The Morgan fingerprint density at radius 1 is 1.00 bits per heavy atom. The molecule has 1 amide bonds. The van der Waals surface area contributed by atoms with Crippen molar-refractivity contribution in [3.05, 3.63) is 59.2 Å². The van der Waals surface area contributed by atoms with Crippen LogP contribution in [0.3, 0.4) is 0 Å². The maximum Gasteiger partial charge on any atom is 0.253 e. The van der Waals surface area contributed by atoms with Crippen LogP contribution in [0, 0.1) is 11.8 Å². The number of nitrogens with one attached hydrogen (secondary N) is 1. The summed E-state index contributed by atoms with van der Waals surface area (Å²) in [5, 5.41) is 16.2. The lowest BCUT2D eigenvalue weighted by Gasteiger charge is -2.37. The zero-order valence-electron chi connectivity index (χ0n) is 17.6. The molecule has 2 aliphatic heterocycles. The summed E-state index contributed by atoms with van der Waals surface area (Å²) in [5.41, 5.74) is 1.40. The molecular formula is C25H28ClN3O2. The summed E-state index contributed by atoms with van der Waals surface area (Å²) >= 11 is 6.28. The van der Waals surface area contributed by atoms with Crippen molar-refractivity contribution in [3.63, 3.8) is 0 Å². The number of aromatic hydroxyl groups is 1. The largest absolute Gasteiger partial charge is 0.494 e. The predicted molar refractivity (Wildman–Crippen MR) is 124 cm³/mol. The molecule has 3 heterocycles. The highest BCUT2D eigenvalue weighted by Gasteiger charge is 2.29. The number of halogens is 1. The van der Waals surface area contributed by atoms with Crippen LogP contribution < -0.4 is 5.32 Å². The third-order valence-electron chi connectivity index (χ3n) is 7.01. The van der Waals surface area contributed by atoms with Gasteiger partial charge in [0.05, 0.1) is 10.4 Å². The van der Waals surface area contributed by atoms with Crippen LogP contribution in [0.2, 0.25) is 5.02 Å². The zero-order chi connectivity index (χ0) is 21.4. The number of amides is 1. The molecule has 1 aromatic heterocycles. The Kier molecular flexibility index (Phi) is 5.63. The van der Waals surface area contributed by atoms with E-state index >= 15 is 0 Å². The van der Waals surface area contributed by atoms with E-state index in [1.807, 2.05) is 47.5 Å². The lowest BCUT2D eigenvalue weighted by molar-refractivity contribution is 0.0642. The second-order valence-corrected chi connectivity index (χ2v) is 9.20. The molecule has 0 radical (unpaired) electrons. The van der Waals surface area contributed by atoms with E-state index in [2.05, 4.69) is 5.32 Å². The normalized spacial score (nSPS) is 18.5. The number of carbonyl (C=O) groups is 1. The van der Waals surface area contributed by atoms with Gasteiger partial charge in [-0.1, -0.05) is 29.8 Å². The minimum Gasteiger partial charge on any atom is -0.494 e. The molecule has 0 atom stereocenters. The third-order valence-corrected chi connectivity index (χ3v) is 7.33. The van der Waals surface area contributed by atoms with Crippen molar-refractivity contribution in [1.29, 1.82) is 0 Å². The number of hydrogen-bond acceptors (Lipinski definition) is 3. The third kappa shape index (κ3) is 3.92. The van der Waals surface area contributed by atoms with Gasteiger partial charge in [-0.25, -0.2) is 0 Å². The molecular weight excluding hydrogens is 410 g/mol. The number of benzene rings is 2. The van der Waals surface area contributed by atoms with Crippen LogP contribution in [0.4, 0.5) is 0 Å². The van der Waals surface area contributed by atoms with Gasteiger partial charge < -0.3 is 15.3 Å². The van der Waals surface area contributed by atoms with Crippen molar-refractivity contribution < 1.29 is 9.90 Å². The number of aromatic nitrogens is 1. The van der Waals surface area contributed by atoms with Gasteiger partial charge in [-0.2, -0.15) is 0 Å². The first-order valence-electron chi connectivity index (χ1n) is 11.2. The Morgan fingerprint density at radius 3 is 2.45 bits per heavy atom. The molecule has 2 aliphatic rings. The summed E-state index contributed by atoms with van der Waals surface area (Å²) in [7, 11) is 0. The number of fused-ring (bicyclic) bond motifs is 1. The van der Waals surface area contributed by atoms with E-state index in [0.29, 0.717) is 16.0 Å². The topological polar surface area (TPSA) is 57.5 Å². The SMILES string of the molecule is O=C(c1cccc(-n2cc3cccc(Cl)c3c2O)c1)N1CCC(C2CCNCC2)CC1. The van der Waals surface area contributed by atoms with E-state index in [1.165, 1.54) is 12.8 Å². The molecule has 31 heavy (non-hydrogen) atoms. The molecule has 3 aromatic rings. The molecule has 2 aromatic carbocycles. The number of carbonyl (C=O) groups excluding carboxylic acids is 1. The van der Waals surface area contributed by atoms with E-state index in [1.54, 1.807) is 10.6 Å². The first-order chi connectivity index (χ1) is 15.1. The van der Waals surface area contributed by atoms with E-state index in [9.17, 15) is 9.90 Å². The Bertz CT molecular complexity index is 1100. The van der Waals surface area contributed by atoms with Crippen LogP contribution in [0.15, 0.2) is 48.7 Å². The smallest absolute Gasteiger partial charge is 0.253 e. The van der Waals surface area contributed by atoms with E-state index < -0.39 is 0 Å². The summed E-state index contributed by atoms with van der Waals surface area (Å²) < 4.78 is 1.69. The van der Waals surface area contributed by atoms with Crippen molar-refractivity contribution in [2.75, 3.05) is 26.2 Å². The monoisotopic (exact) mass is 437 g/mol. The summed E-state index contributed by atoms with van der Waals surface area (Å²) in [6.45, 7) is 3.91. The lowest BCUT2D eigenvalue weighted by atomic mass is 9.79. The molecule has 0 bridgehead atoms. The van der Waals surface area contributed by atoms with Crippen LogP contribution in [0.1, 0.15) is 36.0 Å². The second kappa shape index (κ2) is 8.56. The van der Waals surface area contributed by atoms with Crippen LogP contribution in [-0.2, 0) is 0 Å². The fourth-order valence-electron chi connectivity index (χ4n) is 5.26. The first-order valence-corrected chi connectivity index (χ1v) is 11.6. The molecule has 0 aliphatic carbocycles. The van der Waals surface area contributed by atoms with E-state index in [0.717, 1.165) is 61.9 Å². The van der Waals surface area contributed by atoms with E-state index in [-0.39, 0.29) is 11.8 Å². The van der Waals surface area contributed by atoms with E-state index in [4.69, 9.17) is 11.6 Å². The number of hydrogen-bond donors (Lipinski definition) is 2. The highest BCUT2D eigenvalue weighted by atomic mass is 35.5. The Labute approximate surface area is 187 Å². The van der Waals surface area contributed by atoms with Gasteiger partial charge in [0.2, 0.25) is 5.88 Å². The maximum absolute atomic E-state index is 13.2. The molecule has 6 heteroatoms. The van der Waals surface area contributed by atoms with Crippen LogP contribution in [-0.4, -0.2) is 46.7 Å². The van der Waals surface area contributed by atoms with Gasteiger partial charge in [-0.15, -0.1) is 0 Å². The van der Waals surface area contributed by atoms with Crippen molar-refractivity contribution in [2.24, 2.45) is 11.8 Å². The molecule has 2 saturated heterocycles. The molecule has 162 valence electrons. The van der Waals surface area contributed by atoms with Gasteiger partial charge in [0.1, 0.15) is 0 Å². The summed E-state index contributed by atoms with van der Waals surface area (Å²) in [5.74, 6) is 1.71. The predicted octanol–water partition coefficient (Wildman–Crippen LogP) is 4.84. The van der Waals surface area contributed by atoms with Gasteiger partial charge in [-0.05, 0) is 74.9 Å². The van der Waals surface area contributed by atoms with Gasteiger partial charge in [0, 0.05) is 35.9 Å². The quantitative estimate of drug-likeness (QED) is 0.616. The number of likely N-dealkylation sites (tertiary alicyclic amines) is 1. The van der Waals surface area contributed by atoms with Gasteiger partial charge in [-0.3, -0.25) is 9.36 Å². The van der Waals surface area contributed by atoms with Gasteiger partial charge in [0.15, 0.2) is 0 Å². The Balaban J connectivity index is 1.33. The first kappa shape index (κ1) is 20.4. The summed E-state index contributed by atoms with van der Waals surface area (Å²) in [6, 6.07) is 13.0. The molecule has 5 rings (SSSR count). The highest BCUT2D eigenvalue weighted by Crippen LogP contribution is 2.35. The molecule has 2 N–H and O–H groups in total. The number of rotatable bonds is 3. The summed E-state index contributed by atoms with van der Waals surface area (Å²) in [4.78, 5) is 15.2. The van der Waals surface area contributed by atoms with Gasteiger partial charge >= 0.3 is 0 Å². The highest BCUT2D eigenvalue weighted by molar-refractivity contribution is 6.36. The van der Waals surface area contributed by atoms with Crippen LogP contribution >= 0.6 is 11.6 Å². The van der Waals surface area contributed by atoms with Crippen molar-refractivity contribution >= 4 is 28.3 Å². The van der Waals surface area contributed by atoms with Crippen LogP contribution in [0.25, 0.3) is 16.5 Å². The number of piperidine rings is 2. The molecule has 0 spiro atoms. The fourth-order valence-corrected chi connectivity index (χ4v) is 5.53. The lowest BCUT2D eigenvalue weighted by Crippen LogP contribution is -2.42. The minimum absolute atomic E-state index is 0.0693. The Morgan fingerprint density at radius 2 is 1.71 bits per heavy atom. The average Bonchev–Trinajstić information content (AvgIpc) is 3.17. The molecule has 0 unspecified atom stereocenters. The van der Waals surface area contributed by atoms with Crippen LogP contribution in [0.5, 0.6) is 5.88 Å². The second-order valence-electron chi connectivity index (χ2n) is 8.79. The Hall–Kier alpha value is -2.50.